The van der Waals surface area contributed by atoms with E-state index >= 15 is 0 Å². The fraction of sp³-hybridized carbons (Fsp3) is 0.280. The van der Waals surface area contributed by atoms with Gasteiger partial charge in [0.05, 0.1) is 28.7 Å². The van der Waals surface area contributed by atoms with Crippen molar-refractivity contribution in [2.45, 2.75) is 12.7 Å². The van der Waals surface area contributed by atoms with Gasteiger partial charge >= 0.3 is 6.18 Å². The SMILES string of the molecule is O=C(CN1C(=O)SC(=Cc2ccc3c(cnn3Cc3ccc(Cl)cc3C(F)(F)F)c2)C1=O)N1CCNCC1. The van der Waals surface area contributed by atoms with Crippen LogP contribution in [0.25, 0.3) is 17.0 Å². The van der Waals surface area contributed by atoms with Crippen molar-refractivity contribution in [2.24, 2.45) is 0 Å². The molecular formula is C25H21ClF3N5O3S. The number of hydrogen-bond donors (Lipinski definition) is 1. The van der Waals surface area contributed by atoms with E-state index in [9.17, 15) is 27.6 Å². The molecule has 0 spiro atoms. The number of rotatable bonds is 5. The zero-order chi connectivity index (χ0) is 27.0. The Morgan fingerprint density at radius 1 is 1.13 bits per heavy atom. The van der Waals surface area contributed by atoms with Crippen LogP contribution in [-0.2, 0) is 22.3 Å². The summed E-state index contributed by atoms with van der Waals surface area (Å²) in [6.07, 6.45) is -1.49. The van der Waals surface area contributed by atoms with Gasteiger partial charge in [0.2, 0.25) is 5.91 Å². The zero-order valence-electron chi connectivity index (χ0n) is 19.8. The van der Waals surface area contributed by atoms with Gasteiger partial charge in [-0.15, -0.1) is 0 Å². The lowest BCUT2D eigenvalue weighted by Gasteiger charge is -2.28. The second-order valence-corrected chi connectivity index (χ2v) is 10.2. The number of carbonyl (C=O) groups excluding carboxylic acids is 3. The molecule has 38 heavy (non-hydrogen) atoms. The monoisotopic (exact) mass is 563 g/mol. The number of fused-ring (bicyclic) bond motifs is 1. The minimum Gasteiger partial charge on any atom is -0.339 e. The summed E-state index contributed by atoms with van der Waals surface area (Å²) in [4.78, 5) is 40.6. The van der Waals surface area contributed by atoms with E-state index in [1.807, 2.05) is 0 Å². The molecule has 198 valence electrons. The summed E-state index contributed by atoms with van der Waals surface area (Å²) in [5.74, 6) is -0.819. The third kappa shape index (κ3) is 5.42. The average Bonchev–Trinajstić information content (AvgIpc) is 3.40. The summed E-state index contributed by atoms with van der Waals surface area (Å²) in [6.45, 7) is 1.95. The Morgan fingerprint density at radius 3 is 2.63 bits per heavy atom. The Bertz CT molecular complexity index is 1470. The standard InChI is InChI=1S/C25H21ClF3N5O3S/c26-18-3-2-16(19(11-18)25(27,28)29)13-34-20-4-1-15(9-17(20)12-31-34)10-21-23(36)33(24(37)38-21)14-22(35)32-7-5-30-6-8-32/h1-4,9-12,30H,5-8,13-14H2. The minimum absolute atomic E-state index is 0.00591. The minimum atomic E-state index is -4.56. The van der Waals surface area contributed by atoms with E-state index in [1.54, 1.807) is 29.2 Å². The van der Waals surface area contributed by atoms with Crippen LogP contribution >= 0.6 is 23.4 Å². The van der Waals surface area contributed by atoms with Crippen molar-refractivity contribution in [3.8, 4) is 0 Å². The normalized spacial score (nSPS) is 17.7. The van der Waals surface area contributed by atoms with Gasteiger partial charge in [0.1, 0.15) is 6.54 Å². The van der Waals surface area contributed by atoms with E-state index < -0.39 is 22.9 Å². The highest BCUT2D eigenvalue weighted by molar-refractivity contribution is 8.18. The number of piperazine rings is 1. The van der Waals surface area contributed by atoms with Gasteiger partial charge in [0.15, 0.2) is 0 Å². The summed E-state index contributed by atoms with van der Waals surface area (Å²) >= 11 is 6.54. The van der Waals surface area contributed by atoms with Crippen molar-refractivity contribution in [1.29, 1.82) is 0 Å². The average molecular weight is 564 g/mol. The molecule has 0 radical (unpaired) electrons. The molecule has 13 heteroatoms. The molecule has 2 aliphatic heterocycles. The van der Waals surface area contributed by atoms with Crippen LogP contribution < -0.4 is 5.32 Å². The number of halogens is 4. The van der Waals surface area contributed by atoms with Crippen molar-refractivity contribution in [1.82, 2.24) is 24.9 Å². The van der Waals surface area contributed by atoms with Crippen LogP contribution in [0.3, 0.4) is 0 Å². The largest absolute Gasteiger partial charge is 0.416 e. The van der Waals surface area contributed by atoms with Gasteiger partial charge in [0, 0.05) is 36.6 Å². The van der Waals surface area contributed by atoms with Crippen LogP contribution in [0.5, 0.6) is 0 Å². The molecule has 0 atom stereocenters. The fourth-order valence-corrected chi connectivity index (χ4v) is 5.38. The second kappa shape index (κ2) is 10.4. The molecule has 1 N–H and O–H groups in total. The summed E-state index contributed by atoms with van der Waals surface area (Å²) in [6, 6.07) is 8.73. The number of nitrogens with zero attached hydrogens (tertiary/aromatic N) is 4. The highest BCUT2D eigenvalue weighted by Crippen LogP contribution is 2.35. The quantitative estimate of drug-likeness (QED) is 0.468. The number of nitrogens with one attached hydrogen (secondary N) is 1. The van der Waals surface area contributed by atoms with Crippen LogP contribution in [0.2, 0.25) is 5.02 Å². The number of imide groups is 1. The number of aromatic nitrogens is 2. The molecule has 2 aliphatic rings. The molecule has 2 fully saturated rings. The van der Waals surface area contributed by atoms with Crippen LogP contribution in [0.1, 0.15) is 16.7 Å². The molecule has 0 unspecified atom stereocenters. The maximum absolute atomic E-state index is 13.5. The number of hydrogen-bond acceptors (Lipinski definition) is 6. The first-order valence-corrected chi connectivity index (χ1v) is 12.8. The molecule has 3 aromatic rings. The molecule has 3 amide bonds. The van der Waals surface area contributed by atoms with E-state index in [4.69, 9.17) is 11.6 Å². The number of thioether (sulfide) groups is 1. The first kappa shape index (κ1) is 26.3. The predicted octanol–water partition coefficient (Wildman–Crippen LogP) is 4.22. The lowest BCUT2D eigenvalue weighted by molar-refractivity contribution is -0.138. The van der Waals surface area contributed by atoms with E-state index in [0.29, 0.717) is 42.6 Å². The van der Waals surface area contributed by atoms with Crippen LogP contribution in [0, 0.1) is 0 Å². The van der Waals surface area contributed by atoms with Crippen molar-refractivity contribution in [3.05, 3.63) is 69.2 Å². The third-order valence-corrected chi connectivity index (χ3v) is 7.44. The molecule has 5 rings (SSSR count). The van der Waals surface area contributed by atoms with Crippen LogP contribution in [0.15, 0.2) is 47.5 Å². The fourth-order valence-electron chi connectivity index (χ4n) is 4.37. The molecule has 1 aromatic heterocycles. The lowest BCUT2D eigenvalue weighted by Crippen LogP contribution is -2.50. The first-order chi connectivity index (χ1) is 18.1. The molecule has 0 aliphatic carbocycles. The van der Waals surface area contributed by atoms with Gasteiger partial charge in [0.25, 0.3) is 11.1 Å². The van der Waals surface area contributed by atoms with E-state index in [2.05, 4.69) is 10.4 Å². The molecular weight excluding hydrogens is 543 g/mol. The topological polar surface area (TPSA) is 87.5 Å². The summed E-state index contributed by atoms with van der Waals surface area (Å²) < 4.78 is 41.9. The van der Waals surface area contributed by atoms with E-state index in [-0.39, 0.29) is 34.5 Å². The van der Waals surface area contributed by atoms with Gasteiger partial charge in [-0.2, -0.15) is 18.3 Å². The van der Waals surface area contributed by atoms with Gasteiger partial charge in [-0.25, -0.2) is 0 Å². The second-order valence-electron chi connectivity index (χ2n) is 8.82. The predicted molar refractivity (Wildman–Crippen MR) is 137 cm³/mol. The van der Waals surface area contributed by atoms with Crippen molar-refractivity contribution in [3.63, 3.8) is 0 Å². The number of benzene rings is 2. The van der Waals surface area contributed by atoms with E-state index in [0.717, 1.165) is 22.7 Å². The van der Waals surface area contributed by atoms with E-state index in [1.165, 1.54) is 23.0 Å². The Balaban J connectivity index is 1.34. The van der Waals surface area contributed by atoms with Crippen molar-refractivity contribution >= 4 is 57.4 Å². The van der Waals surface area contributed by atoms with Crippen LogP contribution in [0.4, 0.5) is 18.0 Å². The number of amides is 3. The lowest BCUT2D eigenvalue weighted by atomic mass is 10.1. The highest BCUT2D eigenvalue weighted by atomic mass is 35.5. The number of carbonyl (C=O) groups is 3. The molecule has 2 aromatic carbocycles. The van der Waals surface area contributed by atoms with Gasteiger partial charge in [-0.1, -0.05) is 23.7 Å². The summed E-state index contributed by atoms with van der Waals surface area (Å²) in [5.41, 5.74) is 0.412. The maximum Gasteiger partial charge on any atom is 0.416 e. The van der Waals surface area contributed by atoms with Gasteiger partial charge in [-0.05, 0) is 53.2 Å². The molecule has 3 heterocycles. The van der Waals surface area contributed by atoms with Crippen molar-refractivity contribution in [2.75, 3.05) is 32.7 Å². The van der Waals surface area contributed by atoms with Gasteiger partial charge in [-0.3, -0.25) is 24.0 Å². The van der Waals surface area contributed by atoms with Crippen molar-refractivity contribution < 1.29 is 27.6 Å². The third-order valence-electron chi connectivity index (χ3n) is 6.30. The summed E-state index contributed by atoms with van der Waals surface area (Å²) in [5, 5.41) is 7.51. The summed E-state index contributed by atoms with van der Waals surface area (Å²) in [7, 11) is 0. The van der Waals surface area contributed by atoms with Gasteiger partial charge < -0.3 is 10.2 Å². The Kier molecular flexibility index (Phi) is 7.21. The number of alkyl halides is 3. The van der Waals surface area contributed by atoms with Crippen LogP contribution in [-0.4, -0.2) is 69.4 Å². The zero-order valence-corrected chi connectivity index (χ0v) is 21.4. The maximum atomic E-state index is 13.5. The Morgan fingerprint density at radius 2 is 1.89 bits per heavy atom. The smallest absolute Gasteiger partial charge is 0.339 e. The first-order valence-electron chi connectivity index (χ1n) is 11.7. The molecule has 2 saturated heterocycles. The highest BCUT2D eigenvalue weighted by Gasteiger charge is 2.37. The molecule has 8 nitrogen and oxygen atoms in total. The molecule has 0 saturated carbocycles. The Labute approximate surface area is 224 Å². The molecule has 0 bridgehead atoms. The Hall–Kier alpha value is -3.35.